The van der Waals surface area contributed by atoms with Gasteiger partial charge in [0.25, 0.3) is 0 Å². The highest BCUT2D eigenvalue weighted by atomic mass is 16.3. The van der Waals surface area contributed by atoms with Gasteiger partial charge in [0, 0.05) is 41.7 Å². The van der Waals surface area contributed by atoms with Crippen molar-refractivity contribution in [1.82, 2.24) is 15.1 Å². The van der Waals surface area contributed by atoms with Gasteiger partial charge in [0.2, 0.25) is 5.78 Å². The van der Waals surface area contributed by atoms with Gasteiger partial charge in [0.15, 0.2) is 5.76 Å². The maximum atomic E-state index is 13.4. The number of carbonyl (C=O) groups excluding carboxylic acids is 3. The molecule has 0 aromatic heterocycles. The highest BCUT2D eigenvalue weighted by molar-refractivity contribution is 6.35. The normalized spacial score (nSPS) is 45.4. The molecule has 7 nitrogen and oxygen atoms in total. The van der Waals surface area contributed by atoms with Crippen molar-refractivity contribution < 1.29 is 19.5 Å². The van der Waals surface area contributed by atoms with Crippen LogP contribution in [0.15, 0.2) is 46.3 Å². The summed E-state index contributed by atoms with van der Waals surface area (Å²) in [5, 5.41) is 13.7. The Morgan fingerprint density at radius 3 is 2.30 bits per heavy atom. The van der Waals surface area contributed by atoms with E-state index in [2.05, 4.69) is 64.0 Å². The lowest BCUT2D eigenvalue weighted by Crippen LogP contribution is -2.69. The van der Waals surface area contributed by atoms with Gasteiger partial charge in [0.1, 0.15) is 0 Å². The summed E-state index contributed by atoms with van der Waals surface area (Å²) < 4.78 is 0. The fraction of sp³-hybridized carbons (Fsp3) is 0.694. The molecule has 2 bridgehead atoms. The van der Waals surface area contributed by atoms with Crippen molar-refractivity contribution in [1.29, 1.82) is 0 Å². The van der Waals surface area contributed by atoms with Crippen LogP contribution in [0, 0.1) is 27.6 Å². The highest BCUT2D eigenvalue weighted by Gasteiger charge is 2.67. The van der Waals surface area contributed by atoms with Gasteiger partial charge < -0.3 is 15.3 Å². The minimum Gasteiger partial charge on any atom is -0.504 e. The molecule has 7 heteroatoms. The summed E-state index contributed by atoms with van der Waals surface area (Å²) in [4.78, 5) is 43.6. The van der Waals surface area contributed by atoms with E-state index in [1.165, 1.54) is 5.57 Å². The number of piperidine rings is 1. The van der Waals surface area contributed by atoms with Gasteiger partial charge >= 0.3 is 11.8 Å². The Balaban J connectivity index is 1.17. The van der Waals surface area contributed by atoms with Crippen LogP contribution in [0.5, 0.6) is 0 Å². The first-order valence-corrected chi connectivity index (χ1v) is 16.5. The summed E-state index contributed by atoms with van der Waals surface area (Å²) >= 11 is 0. The summed E-state index contributed by atoms with van der Waals surface area (Å²) in [5.74, 6) is -0.854. The van der Waals surface area contributed by atoms with Crippen molar-refractivity contribution in [3.8, 4) is 0 Å². The molecular formula is C36H49N3O4. The minimum atomic E-state index is -0.441. The van der Waals surface area contributed by atoms with Crippen molar-refractivity contribution in [2.45, 2.75) is 111 Å². The van der Waals surface area contributed by atoms with Crippen LogP contribution in [0.1, 0.15) is 92.9 Å². The third-order valence-corrected chi connectivity index (χ3v) is 14.3. The lowest BCUT2D eigenvalue weighted by Gasteiger charge is -2.70. The van der Waals surface area contributed by atoms with Crippen LogP contribution >= 0.6 is 0 Å². The Hall–Kier alpha value is -2.67. The number of nitrogens with zero attached hydrogens (tertiary/aromatic N) is 2. The Bertz CT molecular complexity index is 1460. The molecule has 0 aromatic carbocycles. The second kappa shape index (κ2) is 8.95. The van der Waals surface area contributed by atoms with Crippen molar-refractivity contribution in [2.75, 3.05) is 20.1 Å². The smallest absolute Gasteiger partial charge is 0.312 e. The number of hydrogen-bond donors (Lipinski definition) is 2. The number of likely N-dealkylation sites (N-methyl/N-ethyl adjacent to an activating group) is 1. The number of nitrogens with one attached hydrogen (secondary N) is 1. The number of rotatable bonds is 1. The molecule has 2 amide bonds. The number of hydrogen-bond acceptors (Lipinski definition) is 5. The van der Waals surface area contributed by atoms with E-state index in [1.54, 1.807) is 11.0 Å². The van der Waals surface area contributed by atoms with Gasteiger partial charge in [-0.1, -0.05) is 45.4 Å². The number of ketones is 1. The molecule has 232 valence electrons. The number of aliphatic hydroxyl groups excluding tert-OH is 1. The summed E-state index contributed by atoms with van der Waals surface area (Å²) in [6, 6.07) is 0.762. The molecule has 0 aromatic rings. The second-order valence-corrected chi connectivity index (χ2v) is 16.5. The molecule has 3 heterocycles. The quantitative estimate of drug-likeness (QED) is 0.401. The number of piperazine rings is 1. The van der Waals surface area contributed by atoms with Gasteiger partial charge in [-0.3, -0.25) is 19.3 Å². The Morgan fingerprint density at radius 2 is 1.63 bits per heavy atom. The molecule has 3 saturated carbocycles. The summed E-state index contributed by atoms with van der Waals surface area (Å²) in [6.45, 7) is 15.0. The fourth-order valence-corrected chi connectivity index (χ4v) is 11.0. The number of fused-ring (bicyclic) bond motifs is 9. The Morgan fingerprint density at radius 1 is 0.953 bits per heavy atom. The summed E-state index contributed by atoms with van der Waals surface area (Å²) in [6.07, 6.45) is 14.2. The zero-order valence-electron chi connectivity index (χ0n) is 27.1. The van der Waals surface area contributed by atoms with Crippen LogP contribution in [0.2, 0.25) is 0 Å². The minimum absolute atomic E-state index is 0.00189. The van der Waals surface area contributed by atoms with Gasteiger partial charge in [-0.05, 0) is 112 Å². The number of aliphatic hydroxyl groups is 1. The van der Waals surface area contributed by atoms with E-state index in [9.17, 15) is 19.5 Å². The van der Waals surface area contributed by atoms with Gasteiger partial charge in [-0.2, -0.15) is 0 Å². The first-order chi connectivity index (χ1) is 20.1. The highest BCUT2D eigenvalue weighted by Crippen LogP contribution is 2.75. The zero-order chi connectivity index (χ0) is 30.9. The molecule has 5 aliphatic carbocycles. The van der Waals surface area contributed by atoms with E-state index in [1.807, 2.05) is 6.92 Å². The van der Waals surface area contributed by atoms with Crippen LogP contribution in [0.4, 0.5) is 0 Å². The Kier molecular flexibility index (Phi) is 6.05. The standard InChI is InChI=1S/C36H49N3O4/c1-21-24-8-9-27-34(4,25(24)17-26(40)29(21)41)13-15-36(6)28-18-33(3,12-10-32(28,2)11-14-35(27,36)5)37-30(42)31(43)39-19-22-16-23(20-39)38(22)7/h8-9,17,22-23,28,41H,10-16,18-20H2,1-7H3,(H,37,42)/t22-,23+,28?,32?,33?,34?,35?,36-/m0/s1. The molecule has 43 heavy (non-hydrogen) atoms. The van der Waals surface area contributed by atoms with Crippen LogP contribution in [-0.4, -0.2) is 70.3 Å². The van der Waals surface area contributed by atoms with Crippen LogP contribution in [0.25, 0.3) is 0 Å². The van der Waals surface area contributed by atoms with E-state index >= 15 is 0 Å². The van der Waals surface area contributed by atoms with Crippen molar-refractivity contribution in [2.24, 2.45) is 27.6 Å². The number of allylic oxidation sites excluding steroid dienone is 7. The van der Waals surface area contributed by atoms with Crippen molar-refractivity contribution >= 4 is 17.6 Å². The van der Waals surface area contributed by atoms with Gasteiger partial charge in [-0.25, -0.2) is 0 Å². The van der Waals surface area contributed by atoms with Crippen LogP contribution < -0.4 is 5.32 Å². The van der Waals surface area contributed by atoms with E-state index in [-0.39, 0.29) is 39.1 Å². The molecule has 8 rings (SSSR count). The maximum Gasteiger partial charge on any atom is 0.312 e. The molecular weight excluding hydrogens is 538 g/mol. The maximum absolute atomic E-state index is 13.4. The third kappa shape index (κ3) is 3.79. The van der Waals surface area contributed by atoms with Gasteiger partial charge in [0.05, 0.1) is 0 Å². The summed E-state index contributed by atoms with van der Waals surface area (Å²) in [5.41, 5.74) is 3.55. The summed E-state index contributed by atoms with van der Waals surface area (Å²) in [7, 11) is 2.11. The lowest BCUT2D eigenvalue weighted by atomic mass is 9.35. The molecule has 2 N–H and O–H groups in total. The third-order valence-electron chi connectivity index (χ3n) is 14.3. The van der Waals surface area contributed by atoms with Crippen LogP contribution in [0.3, 0.4) is 0 Å². The van der Waals surface area contributed by atoms with Gasteiger partial charge in [-0.15, -0.1) is 0 Å². The fourth-order valence-electron chi connectivity index (χ4n) is 11.0. The first kappa shape index (κ1) is 29.1. The zero-order valence-corrected chi connectivity index (χ0v) is 27.1. The monoisotopic (exact) mass is 587 g/mol. The predicted molar refractivity (Wildman–Crippen MR) is 166 cm³/mol. The molecule has 3 aliphatic heterocycles. The predicted octanol–water partition coefficient (Wildman–Crippen LogP) is 5.40. The molecule has 5 unspecified atom stereocenters. The number of carbonyl (C=O) groups is 3. The van der Waals surface area contributed by atoms with Crippen molar-refractivity contribution in [3.05, 3.63) is 46.3 Å². The SMILES string of the molecule is CC1=C(O)C(=O)C=C2C1=CC=C1C2(C)CC[C@@]2(C)C3CC(C)(NC(=O)C(=O)N4C[C@H]5C[C@@H](C4)N5C)CCC3(C)CCC12C. The molecule has 3 saturated heterocycles. The molecule has 6 fully saturated rings. The molecule has 8 atom stereocenters. The molecule has 8 aliphatic rings. The molecule has 0 spiro atoms. The largest absolute Gasteiger partial charge is 0.504 e. The van der Waals surface area contributed by atoms with Crippen LogP contribution in [-0.2, 0) is 14.4 Å². The molecule has 0 radical (unpaired) electrons. The van der Waals surface area contributed by atoms with E-state index in [0.717, 1.165) is 62.5 Å². The Labute approximate surface area is 256 Å². The second-order valence-electron chi connectivity index (χ2n) is 16.5. The average Bonchev–Trinajstić information content (AvgIpc) is 2.98. The van der Waals surface area contributed by atoms with E-state index in [0.29, 0.717) is 36.7 Å². The number of amides is 2. The topological polar surface area (TPSA) is 89.9 Å². The first-order valence-electron chi connectivity index (χ1n) is 16.5. The van der Waals surface area contributed by atoms with Crippen molar-refractivity contribution in [3.63, 3.8) is 0 Å². The lowest BCUT2D eigenvalue weighted by molar-refractivity contribution is -0.161. The van der Waals surface area contributed by atoms with E-state index in [4.69, 9.17) is 0 Å². The van der Waals surface area contributed by atoms with E-state index < -0.39 is 11.4 Å². The average molecular weight is 588 g/mol.